The van der Waals surface area contributed by atoms with Crippen LogP contribution < -0.4 is 4.74 Å². The molecule has 0 aliphatic carbocycles. The number of benzene rings is 3. The molecular weight excluding hydrogens is 376 g/mol. The number of hydrogen-bond donors (Lipinski definition) is 1. The molecule has 0 aliphatic heterocycles. The molecule has 0 saturated heterocycles. The highest BCUT2D eigenvalue weighted by molar-refractivity contribution is 6.05. The molecule has 30 heavy (non-hydrogen) atoms. The number of fused-ring (bicyclic) bond motifs is 3. The molecule has 0 spiro atoms. The average molecular weight is 396 g/mol. The van der Waals surface area contributed by atoms with E-state index >= 15 is 0 Å². The van der Waals surface area contributed by atoms with Crippen LogP contribution in [0.1, 0.15) is 13.8 Å². The van der Waals surface area contributed by atoms with E-state index in [0.29, 0.717) is 23.0 Å². The first kappa shape index (κ1) is 18.2. The zero-order chi connectivity index (χ0) is 20.7. The summed E-state index contributed by atoms with van der Waals surface area (Å²) in [5.41, 5.74) is 3.78. The van der Waals surface area contributed by atoms with Gasteiger partial charge in [0.15, 0.2) is 5.82 Å². The Morgan fingerprint density at radius 3 is 2.43 bits per heavy atom. The minimum absolute atomic E-state index is 0.0391. The Labute approximate surface area is 173 Å². The van der Waals surface area contributed by atoms with Crippen molar-refractivity contribution in [2.75, 3.05) is 0 Å². The summed E-state index contributed by atoms with van der Waals surface area (Å²) in [6, 6.07) is 22.8. The molecule has 148 valence electrons. The first-order valence-electron chi connectivity index (χ1n) is 9.84. The fourth-order valence-electron chi connectivity index (χ4n) is 3.54. The SMILES string of the molecule is CC(C)Oc1cc(-c2ccc3c(c2)oc2ccccc23)nc(-c2ccccc2O)n1. The normalized spacial score (nSPS) is 11.4. The summed E-state index contributed by atoms with van der Waals surface area (Å²) in [6.07, 6.45) is -0.0391. The van der Waals surface area contributed by atoms with Gasteiger partial charge in [0.05, 0.1) is 17.4 Å². The van der Waals surface area contributed by atoms with E-state index in [9.17, 15) is 5.11 Å². The lowest BCUT2D eigenvalue weighted by Gasteiger charge is -2.12. The van der Waals surface area contributed by atoms with Crippen molar-refractivity contribution in [2.24, 2.45) is 0 Å². The van der Waals surface area contributed by atoms with Gasteiger partial charge in [-0.05, 0) is 44.2 Å². The van der Waals surface area contributed by atoms with Gasteiger partial charge < -0.3 is 14.3 Å². The summed E-state index contributed by atoms with van der Waals surface area (Å²) in [5, 5.41) is 12.4. The highest BCUT2D eigenvalue weighted by atomic mass is 16.5. The van der Waals surface area contributed by atoms with Crippen LogP contribution >= 0.6 is 0 Å². The largest absolute Gasteiger partial charge is 0.507 e. The number of aromatic hydroxyl groups is 1. The second-order valence-electron chi connectivity index (χ2n) is 7.41. The number of phenolic OH excluding ortho intramolecular Hbond substituents is 1. The van der Waals surface area contributed by atoms with Crippen LogP contribution in [0.25, 0.3) is 44.6 Å². The highest BCUT2D eigenvalue weighted by Crippen LogP contribution is 2.34. The molecule has 0 unspecified atom stereocenters. The smallest absolute Gasteiger partial charge is 0.217 e. The van der Waals surface area contributed by atoms with Crippen molar-refractivity contribution in [3.8, 4) is 34.3 Å². The Bertz CT molecular complexity index is 1370. The number of furan rings is 1. The van der Waals surface area contributed by atoms with Gasteiger partial charge in [-0.15, -0.1) is 0 Å². The van der Waals surface area contributed by atoms with E-state index in [2.05, 4.69) is 11.1 Å². The van der Waals surface area contributed by atoms with Gasteiger partial charge in [0.2, 0.25) is 5.88 Å². The number of ether oxygens (including phenoxy) is 1. The summed E-state index contributed by atoms with van der Waals surface area (Å²) in [5.74, 6) is 0.988. The van der Waals surface area contributed by atoms with Crippen LogP contribution in [0.3, 0.4) is 0 Å². The van der Waals surface area contributed by atoms with Crippen molar-refractivity contribution in [2.45, 2.75) is 20.0 Å². The number of nitrogens with zero attached hydrogens (tertiary/aromatic N) is 2. The summed E-state index contributed by atoms with van der Waals surface area (Å²) in [4.78, 5) is 9.22. The van der Waals surface area contributed by atoms with Crippen molar-refractivity contribution in [3.05, 3.63) is 72.8 Å². The molecule has 3 aromatic carbocycles. The molecule has 5 rings (SSSR count). The Balaban J connectivity index is 1.68. The molecule has 0 aliphatic rings. The third-order valence-electron chi connectivity index (χ3n) is 4.88. The third kappa shape index (κ3) is 3.24. The molecule has 5 heteroatoms. The minimum atomic E-state index is -0.0391. The molecule has 0 amide bonds. The van der Waals surface area contributed by atoms with Crippen LogP contribution in [0, 0.1) is 0 Å². The minimum Gasteiger partial charge on any atom is -0.507 e. The number of hydrogen-bond acceptors (Lipinski definition) is 5. The highest BCUT2D eigenvalue weighted by Gasteiger charge is 2.15. The molecule has 0 fully saturated rings. The maximum atomic E-state index is 10.3. The molecule has 0 radical (unpaired) electrons. The van der Waals surface area contributed by atoms with Crippen LogP contribution in [0.15, 0.2) is 77.2 Å². The van der Waals surface area contributed by atoms with Crippen LogP contribution in [0.4, 0.5) is 0 Å². The fraction of sp³-hybridized carbons (Fsp3) is 0.120. The molecule has 2 aromatic heterocycles. The molecular formula is C25H20N2O3. The molecule has 0 saturated carbocycles. The zero-order valence-electron chi connectivity index (χ0n) is 16.7. The number of para-hydroxylation sites is 2. The van der Waals surface area contributed by atoms with Gasteiger partial charge >= 0.3 is 0 Å². The third-order valence-corrected chi connectivity index (χ3v) is 4.88. The zero-order valence-corrected chi connectivity index (χ0v) is 16.7. The molecule has 5 nitrogen and oxygen atoms in total. The summed E-state index contributed by atoms with van der Waals surface area (Å²) in [6.45, 7) is 3.89. The number of aromatic nitrogens is 2. The van der Waals surface area contributed by atoms with E-state index in [0.717, 1.165) is 27.5 Å². The van der Waals surface area contributed by atoms with Crippen LogP contribution in [-0.2, 0) is 0 Å². The summed E-state index contributed by atoms with van der Waals surface area (Å²) >= 11 is 0. The second-order valence-corrected chi connectivity index (χ2v) is 7.41. The van der Waals surface area contributed by atoms with Crippen LogP contribution in [0.2, 0.25) is 0 Å². The summed E-state index contributed by atoms with van der Waals surface area (Å²) < 4.78 is 11.9. The molecule has 2 heterocycles. The van der Waals surface area contributed by atoms with Gasteiger partial charge in [0, 0.05) is 22.4 Å². The van der Waals surface area contributed by atoms with E-state index in [1.54, 1.807) is 18.2 Å². The first-order chi connectivity index (χ1) is 14.6. The maximum absolute atomic E-state index is 10.3. The van der Waals surface area contributed by atoms with Crippen molar-refractivity contribution < 1.29 is 14.3 Å². The molecule has 0 atom stereocenters. The number of rotatable bonds is 4. The van der Waals surface area contributed by atoms with E-state index < -0.39 is 0 Å². The van der Waals surface area contributed by atoms with Crippen LogP contribution in [-0.4, -0.2) is 21.2 Å². The van der Waals surface area contributed by atoms with Gasteiger partial charge in [-0.25, -0.2) is 4.98 Å². The average Bonchev–Trinajstić information content (AvgIpc) is 3.11. The predicted octanol–water partition coefficient (Wildman–Crippen LogP) is 6.20. The first-order valence-corrected chi connectivity index (χ1v) is 9.84. The van der Waals surface area contributed by atoms with Crippen molar-refractivity contribution in [1.29, 1.82) is 0 Å². The van der Waals surface area contributed by atoms with Crippen molar-refractivity contribution >= 4 is 21.9 Å². The van der Waals surface area contributed by atoms with E-state index in [1.807, 2.05) is 62.4 Å². The fourth-order valence-corrected chi connectivity index (χ4v) is 3.54. The van der Waals surface area contributed by atoms with Gasteiger partial charge in [0.25, 0.3) is 0 Å². The lowest BCUT2D eigenvalue weighted by atomic mass is 10.1. The second kappa shape index (κ2) is 7.19. The van der Waals surface area contributed by atoms with Gasteiger partial charge in [0.1, 0.15) is 16.9 Å². The Hall–Kier alpha value is -3.86. The Morgan fingerprint density at radius 1 is 0.833 bits per heavy atom. The molecule has 5 aromatic rings. The van der Waals surface area contributed by atoms with E-state index in [1.165, 1.54) is 0 Å². The van der Waals surface area contributed by atoms with E-state index in [-0.39, 0.29) is 11.9 Å². The summed E-state index contributed by atoms with van der Waals surface area (Å²) in [7, 11) is 0. The maximum Gasteiger partial charge on any atom is 0.217 e. The predicted molar refractivity (Wildman–Crippen MR) is 118 cm³/mol. The lowest BCUT2D eigenvalue weighted by Crippen LogP contribution is -2.08. The molecule has 0 bridgehead atoms. The van der Waals surface area contributed by atoms with Crippen molar-refractivity contribution in [3.63, 3.8) is 0 Å². The number of phenols is 1. The van der Waals surface area contributed by atoms with Gasteiger partial charge in [-0.1, -0.05) is 36.4 Å². The van der Waals surface area contributed by atoms with Crippen molar-refractivity contribution in [1.82, 2.24) is 9.97 Å². The van der Waals surface area contributed by atoms with Gasteiger partial charge in [-0.3, -0.25) is 0 Å². The van der Waals surface area contributed by atoms with E-state index in [4.69, 9.17) is 14.1 Å². The molecule has 1 N–H and O–H groups in total. The Kier molecular flexibility index (Phi) is 4.36. The topological polar surface area (TPSA) is 68.4 Å². The lowest BCUT2D eigenvalue weighted by molar-refractivity contribution is 0.232. The van der Waals surface area contributed by atoms with Crippen LogP contribution in [0.5, 0.6) is 11.6 Å². The Morgan fingerprint density at radius 2 is 1.60 bits per heavy atom. The van der Waals surface area contributed by atoms with Gasteiger partial charge in [-0.2, -0.15) is 4.98 Å². The quantitative estimate of drug-likeness (QED) is 0.391. The standard InChI is InChI=1S/C25H20N2O3/c1-15(2)29-24-14-20(26-25(27-24)19-8-3-5-9-21(19)28)16-11-12-18-17-7-4-6-10-22(17)30-23(18)13-16/h3-15,28H,1-2H3. The monoisotopic (exact) mass is 396 g/mol.